The Bertz CT molecular complexity index is 641. The molecule has 0 saturated carbocycles. The third kappa shape index (κ3) is 3.83. The predicted molar refractivity (Wildman–Crippen MR) is 79.9 cm³/mol. The molecule has 0 fully saturated rings. The minimum atomic E-state index is -4.41. The minimum Gasteiger partial charge on any atom is -0.377 e. The Labute approximate surface area is 130 Å². The topological polar surface area (TPSA) is 12.0 Å². The molecule has 0 bridgehead atoms. The van der Waals surface area contributed by atoms with Crippen molar-refractivity contribution in [3.63, 3.8) is 0 Å². The quantitative estimate of drug-likeness (QED) is 0.706. The highest BCUT2D eigenvalue weighted by Crippen LogP contribution is 2.35. The largest absolute Gasteiger partial charge is 0.416 e. The normalized spacial score (nSPS) is 13.0. The van der Waals surface area contributed by atoms with E-state index >= 15 is 0 Å². The van der Waals surface area contributed by atoms with Crippen LogP contribution in [0, 0.1) is 0 Å². The molecule has 2 aromatic carbocycles. The van der Waals surface area contributed by atoms with E-state index in [1.165, 1.54) is 6.07 Å². The molecule has 2 rings (SSSR count). The van der Waals surface area contributed by atoms with Crippen LogP contribution in [0.15, 0.2) is 42.5 Å². The van der Waals surface area contributed by atoms with Crippen molar-refractivity contribution in [2.45, 2.75) is 19.1 Å². The number of alkyl halides is 3. The summed E-state index contributed by atoms with van der Waals surface area (Å²) in [5.41, 5.74) is 0.257. The van der Waals surface area contributed by atoms with E-state index < -0.39 is 11.7 Å². The van der Waals surface area contributed by atoms with Crippen molar-refractivity contribution in [3.05, 3.63) is 63.6 Å². The maximum atomic E-state index is 12.7. The molecule has 0 radical (unpaired) electrons. The number of hydrogen-bond acceptors (Lipinski definition) is 1. The van der Waals surface area contributed by atoms with Crippen LogP contribution in [-0.4, -0.2) is 0 Å². The van der Waals surface area contributed by atoms with Gasteiger partial charge in [0.15, 0.2) is 0 Å². The van der Waals surface area contributed by atoms with Gasteiger partial charge in [-0.3, -0.25) is 0 Å². The first kappa shape index (κ1) is 16.0. The van der Waals surface area contributed by atoms with Crippen molar-refractivity contribution >= 4 is 28.9 Å². The molecular weight excluding hydrogens is 322 g/mol. The van der Waals surface area contributed by atoms with Crippen LogP contribution in [0.5, 0.6) is 0 Å². The van der Waals surface area contributed by atoms with E-state index in [1.807, 2.05) is 12.1 Å². The number of rotatable bonds is 3. The molecule has 0 aromatic heterocycles. The number of hydrogen-bond donors (Lipinski definition) is 1. The van der Waals surface area contributed by atoms with Gasteiger partial charge in [0.2, 0.25) is 0 Å². The van der Waals surface area contributed by atoms with Crippen LogP contribution in [0.25, 0.3) is 0 Å². The van der Waals surface area contributed by atoms with Crippen molar-refractivity contribution < 1.29 is 13.2 Å². The van der Waals surface area contributed by atoms with Gasteiger partial charge in [0.1, 0.15) is 0 Å². The maximum absolute atomic E-state index is 12.7. The average molecular weight is 334 g/mol. The van der Waals surface area contributed by atoms with Gasteiger partial charge in [-0.2, -0.15) is 13.2 Å². The molecular formula is C15H12Cl2F3N. The van der Waals surface area contributed by atoms with Gasteiger partial charge < -0.3 is 5.32 Å². The molecule has 6 heteroatoms. The fraction of sp³-hybridized carbons (Fsp3) is 0.200. The standard InChI is InChI=1S/C15H12Cl2F3N/c1-9(11-4-2-3-5-12(11)16)21-14-8-10(15(18,19)20)6-7-13(14)17/h2-9,21H,1H3. The van der Waals surface area contributed by atoms with Gasteiger partial charge in [-0.05, 0) is 36.8 Å². The zero-order chi connectivity index (χ0) is 15.6. The molecule has 0 amide bonds. The zero-order valence-electron chi connectivity index (χ0n) is 11.0. The van der Waals surface area contributed by atoms with Gasteiger partial charge in [0.25, 0.3) is 0 Å². The Hall–Kier alpha value is -1.39. The first-order chi connectivity index (χ1) is 9.79. The summed E-state index contributed by atoms with van der Waals surface area (Å²) < 4.78 is 38.2. The summed E-state index contributed by atoms with van der Waals surface area (Å²) in [5.74, 6) is 0. The first-order valence-corrected chi connectivity index (χ1v) is 6.92. The minimum absolute atomic E-state index is 0.221. The molecule has 21 heavy (non-hydrogen) atoms. The summed E-state index contributed by atoms with van der Waals surface area (Å²) in [6.45, 7) is 1.80. The Morgan fingerprint density at radius 1 is 1.00 bits per heavy atom. The van der Waals surface area contributed by atoms with Gasteiger partial charge in [0, 0.05) is 5.02 Å². The fourth-order valence-electron chi connectivity index (χ4n) is 1.95. The molecule has 1 unspecified atom stereocenters. The third-order valence-corrected chi connectivity index (χ3v) is 3.71. The number of halogens is 5. The molecule has 0 aliphatic carbocycles. The van der Waals surface area contributed by atoms with E-state index in [4.69, 9.17) is 23.2 Å². The van der Waals surface area contributed by atoms with E-state index in [1.54, 1.807) is 19.1 Å². The van der Waals surface area contributed by atoms with Crippen LogP contribution < -0.4 is 5.32 Å². The second-order valence-electron chi connectivity index (χ2n) is 4.58. The molecule has 1 nitrogen and oxygen atoms in total. The zero-order valence-corrected chi connectivity index (χ0v) is 12.5. The molecule has 0 saturated heterocycles. The molecule has 0 aliphatic heterocycles. The smallest absolute Gasteiger partial charge is 0.377 e. The van der Waals surface area contributed by atoms with Gasteiger partial charge in [-0.25, -0.2) is 0 Å². The van der Waals surface area contributed by atoms with Crippen molar-refractivity contribution in [1.82, 2.24) is 0 Å². The molecule has 0 heterocycles. The van der Waals surface area contributed by atoms with Crippen molar-refractivity contribution in [1.29, 1.82) is 0 Å². The molecule has 112 valence electrons. The summed E-state index contributed by atoms with van der Waals surface area (Å²) in [6.07, 6.45) is -4.41. The Morgan fingerprint density at radius 3 is 2.29 bits per heavy atom. The lowest BCUT2D eigenvalue weighted by Crippen LogP contribution is -2.10. The molecule has 2 aromatic rings. The highest BCUT2D eigenvalue weighted by molar-refractivity contribution is 6.33. The van der Waals surface area contributed by atoms with E-state index in [-0.39, 0.29) is 16.8 Å². The lowest BCUT2D eigenvalue weighted by Gasteiger charge is -2.19. The summed E-state index contributed by atoms with van der Waals surface area (Å²) in [5, 5.41) is 3.73. The van der Waals surface area contributed by atoms with E-state index in [0.29, 0.717) is 5.02 Å². The van der Waals surface area contributed by atoms with Gasteiger partial charge in [-0.15, -0.1) is 0 Å². The third-order valence-electron chi connectivity index (χ3n) is 3.04. The number of benzene rings is 2. The molecule has 0 aliphatic rings. The van der Waals surface area contributed by atoms with Crippen LogP contribution in [-0.2, 0) is 6.18 Å². The van der Waals surface area contributed by atoms with Crippen LogP contribution in [0.4, 0.5) is 18.9 Å². The average Bonchev–Trinajstić information content (AvgIpc) is 2.40. The lowest BCUT2D eigenvalue weighted by atomic mass is 10.1. The lowest BCUT2D eigenvalue weighted by molar-refractivity contribution is -0.137. The second-order valence-corrected chi connectivity index (χ2v) is 5.39. The van der Waals surface area contributed by atoms with Crippen molar-refractivity contribution in [3.8, 4) is 0 Å². The summed E-state index contributed by atoms with van der Waals surface area (Å²) in [6, 6.07) is 10.0. The molecule has 1 N–H and O–H groups in total. The van der Waals surface area contributed by atoms with Gasteiger partial charge in [-0.1, -0.05) is 41.4 Å². The van der Waals surface area contributed by atoms with E-state index in [9.17, 15) is 13.2 Å². The summed E-state index contributed by atoms with van der Waals surface area (Å²) in [4.78, 5) is 0. The maximum Gasteiger partial charge on any atom is 0.416 e. The molecule has 1 atom stereocenters. The number of anilines is 1. The van der Waals surface area contributed by atoms with Gasteiger partial charge >= 0.3 is 6.18 Å². The molecule has 0 spiro atoms. The first-order valence-electron chi connectivity index (χ1n) is 6.16. The monoisotopic (exact) mass is 333 g/mol. The SMILES string of the molecule is CC(Nc1cc(C(F)(F)F)ccc1Cl)c1ccccc1Cl. The van der Waals surface area contributed by atoms with Crippen LogP contribution >= 0.6 is 23.2 Å². The van der Waals surface area contributed by atoms with Crippen LogP contribution in [0.1, 0.15) is 24.1 Å². The fourth-order valence-corrected chi connectivity index (χ4v) is 2.42. The second kappa shape index (κ2) is 6.16. The van der Waals surface area contributed by atoms with Crippen molar-refractivity contribution in [2.24, 2.45) is 0 Å². The predicted octanol–water partition coefficient (Wildman–Crippen LogP) is 6.19. The Balaban J connectivity index is 2.29. The van der Waals surface area contributed by atoms with Crippen LogP contribution in [0.3, 0.4) is 0 Å². The van der Waals surface area contributed by atoms with Gasteiger partial charge in [0.05, 0.1) is 22.3 Å². The summed E-state index contributed by atoms with van der Waals surface area (Å²) >= 11 is 12.0. The van der Waals surface area contributed by atoms with E-state index in [2.05, 4.69) is 5.32 Å². The van der Waals surface area contributed by atoms with Crippen LogP contribution in [0.2, 0.25) is 10.0 Å². The van der Waals surface area contributed by atoms with Crippen molar-refractivity contribution in [2.75, 3.05) is 5.32 Å². The highest BCUT2D eigenvalue weighted by atomic mass is 35.5. The Morgan fingerprint density at radius 2 is 1.67 bits per heavy atom. The van der Waals surface area contributed by atoms with E-state index in [0.717, 1.165) is 17.7 Å². The highest BCUT2D eigenvalue weighted by Gasteiger charge is 2.31. The Kier molecular flexibility index (Phi) is 4.69. The number of nitrogens with one attached hydrogen (secondary N) is 1. The summed E-state index contributed by atoms with van der Waals surface area (Å²) in [7, 11) is 0.